The first kappa shape index (κ1) is 15.9. The molecule has 0 radical (unpaired) electrons. The van der Waals surface area contributed by atoms with Gasteiger partial charge in [0.25, 0.3) is 0 Å². The quantitative estimate of drug-likeness (QED) is 0.600. The normalized spacial score (nSPS) is 11.7. The fourth-order valence-electron chi connectivity index (χ4n) is 1.82. The van der Waals surface area contributed by atoms with Crippen LogP contribution in [0.1, 0.15) is 18.2 Å². The van der Waals surface area contributed by atoms with Gasteiger partial charge in [-0.2, -0.15) is 13.2 Å². The minimum Gasteiger partial charge on any atom is -0.383 e. The number of benzene rings is 1. The maximum Gasteiger partial charge on any atom is 0.417 e. The Balaban J connectivity index is 2.72. The van der Waals surface area contributed by atoms with E-state index in [1.54, 1.807) is 6.92 Å². The number of nitrogen functional groups attached to an aromatic ring is 1. The van der Waals surface area contributed by atoms with E-state index in [0.29, 0.717) is 21.8 Å². The summed E-state index contributed by atoms with van der Waals surface area (Å²) >= 11 is 1.93. The Bertz CT molecular complexity index is 686. The average Bonchev–Trinajstić information content (AvgIpc) is 2.40. The Morgan fingerprint density at radius 3 is 2.48 bits per heavy atom. The number of aryl methyl sites for hydroxylation is 1. The molecule has 2 aromatic rings. The zero-order valence-corrected chi connectivity index (χ0v) is 13.0. The molecule has 1 aromatic carbocycles. The van der Waals surface area contributed by atoms with Crippen LogP contribution in [0.25, 0.3) is 11.4 Å². The van der Waals surface area contributed by atoms with Crippen LogP contribution in [-0.4, -0.2) is 9.97 Å². The molecular weight excluding hydrogens is 401 g/mol. The van der Waals surface area contributed by atoms with Gasteiger partial charge in [-0.15, -0.1) is 0 Å². The SMILES string of the molecule is CCc1nc(-c2cc(F)ccc2C(F)(F)F)nc(N)c1I. The van der Waals surface area contributed by atoms with Crippen molar-refractivity contribution < 1.29 is 17.6 Å². The van der Waals surface area contributed by atoms with Gasteiger partial charge in [0.1, 0.15) is 11.6 Å². The monoisotopic (exact) mass is 411 g/mol. The molecule has 1 heterocycles. The Morgan fingerprint density at radius 2 is 1.90 bits per heavy atom. The summed E-state index contributed by atoms with van der Waals surface area (Å²) in [5.74, 6) is -0.941. The lowest BCUT2D eigenvalue weighted by Crippen LogP contribution is -2.10. The fourth-order valence-corrected chi connectivity index (χ4v) is 2.44. The molecule has 3 nitrogen and oxygen atoms in total. The highest BCUT2D eigenvalue weighted by Gasteiger charge is 2.34. The van der Waals surface area contributed by atoms with Crippen LogP contribution in [-0.2, 0) is 12.6 Å². The highest BCUT2D eigenvalue weighted by atomic mass is 127. The van der Waals surface area contributed by atoms with E-state index in [1.807, 2.05) is 22.6 Å². The van der Waals surface area contributed by atoms with Crippen molar-refractivity contribution in [1.82, 2.24) is 9.97 Å². The van der Waals surface area contributed by atoms with Gasteiger partial charge in [0, 0.05) is 5.56 Å². The topological polar surface area (TPSA) is 51.8 Å². The number of halogens is 5. The van der Waals surface area contributed by atoms with Crippen LogP contribution >= 0.6 is 22.6 Å². The Hall–Kier alpha value is -1.45. The second-order valence-electron chi connectivity index (χ2n) is 4.23. The maximum absolute atomic E-state index is 13.3. The third-order valence-electron chi connectivity index (χ3n) is 2.81. The lowest BCUT2D eigenvalue weighted by atomic mass is 10.1. The molecule has 0 amide bonds. The van der Waals surface area contributed by atoms with E-state index in [2.05, 4.69) is 9.97 Å². The van der Waals surface area contributed by atoms with Gasteiger partial charge in [0.2, 0.25) is 0 Å². The molecule has 0 bridgehead atoms. The number of nitrogens with zero attached hydrogens (tertiary/aromatic N) is 2. The Labute approximate surface area is 131 Å². The number of aromatic nitrogens is 2. The summed E-state index contributed by atoms with van der Waals surface area (Å²) in [7, 11) is 0. The Kier molecular flexibility index (Phi) is 4.35. The molecular formula is C13H10F4IN3. The molecule has 21 heavy (non-hydrogen) atoms. The minimum atomic E-state index is -4.63. The summed E-state index contributed by atoms with van der Waals surface area (Å²) in [6, 6.07) is 2.20. The largest absolute Gasteiger partial charge is 0.417 e. The first-order chi connectivity index (χ1) is 9.74. The van der Waals surface area contributed by atoms with Gasteiger partial charge in [-0.25, -0.2) is 14.4 Å². The lowest BCUT2D eigenvalue weighted by Gasteiger charge is -2.13. The standard InChI is InChI=1S/C13H10F4IN3/c1-2-9-10(18)11(19)21-12(20-9)7-5-6(14)3-4-8(7)13(15,16)17/h3-5H,2H2,1H3,(H2,19,20,21). The van der Waals surface area contributed by atoms with Crippen molar-refractivity contribution >= 4 is 28.4 Å². The van der Waals surface area contributed by atoms with Crippen molar-refractivity contribution in [3.63, 3.8) is 0 Å². The molecule has 0 aliphatic heterocycles. The van der Waals surface area contributed by atoms with Crippen LogP contribution in [0.5, 0.6) is 0 Å². The molecule has 0 aliphatic rings. The molecule has 0 spiro atoms. The molecule has 2 rings (SSSR count). The van der Waals surface area contributed by atoms with Gasteiger partial charge in [0.05, 0.1) is 14.8 Å². The fraction of sp³-hybridized carbons (Fsp3) is 0.231. The number of hydrogen-bond donors (Lipinski definition) is 1. The van der Waals surface area contributed by atoms with Crippen LogP contribution in [0.2, 0.25) is 0 Å². The van der Waals surface area contributed by atoms with Gasteiger partial charge in [-0.05, 0) is 47.2 Å². The summed E-state index contributed by atoms with van der Waals surface area (Å²) in [6.45, 7) is 1.80. The Morgan fingerprint density at radius 1 is 1.24 bits per heavy atom. The molecule has 0 saturated heterocycles. The third kappa shape index (κ3) is 3.25. The zero-order chi connectivity index (χ0) is 15.8. The van der Waals surface area contributed by atoms with E-state index in [4.69, 9.17) is 5.73 Å². The van der Waals surface area contributed by atoms with Crippen LogP contribution in [0, 0.1) is 9.39 Å². The lowest BCUT2D eigenvalue weighted by molar-refractivity contribution is -0.137. The predicted molar refractivity (Wildman–Crippen MR) is 78.9 cm³/mol. The molecule has 0 aliphatic carbocycles. The van der Waals surface area contributed by atoms with E-state index < -0.39 is 23.1 Å². The van der Waals surface area contributed by atoms with E-state index >= 15 is 0 Å². The second-order valence-corrected chi connectivity index (χ2v) is 5.31. The molecule has 2 N–H and O–H groups in total. The summed E-state index contributed by atoms with van der Waals surface area (Å²) in [6.07, 6.45) is -4.15. The molecule has 1 aromatic heterocycles. The molecule has 112 valence electrons. The summed E-state index contributed by atoms with van der Waals surface area (Å²) in [5.41, 5.74) is 4.81. The van der Waals surface area contributed by atoms with Crippen molar-refractivity contribution in [3.8, 4) is 11.4 Å². The average molecular weight is 411 g/mol. The molecule has 0 atom stereocenters. The summed E-state index contributed by atoms with van der Waals surface area (Å²) < 4.78 is 53.0. The van der Waals surface area contributed by atoms with Gasteiger partial charge < -0.3 is 5.73 Å². The maximum atomic E-state index is 13.3. The van der Waals surface area contributed by atoms with E-state index in [0.717, 1.165) is 12.1 Å². The number of hydrogen-bond acceptors (Lipinski definition) is 3. The number of alkyl halides is 3. The number of nitrogens with two attached hydrogens (primary N) is 1. The summed E-state index contributed by atoms with van der Waals surface area (Å²) in [4.78, 5) is 7.93. The highest BCUT2D eigenvalue weighted by Crippen LogP contribution is 2.37. The molecule has 0 saturated carbocycles. The van der Waals surface area contributed by atoms with Crippen molar-refractivity contribution in [1.29, 1.82) is 0 Å². The van der Waals surface area contributed by atoms with Crippen molar-refractivity contribution in [3.05, 3.63) is 38.8 Å². The second kappa shape index (κ2) is 5.74. The van der Waals surface area contributed by atoms with E-state index in [9.17, 15) is 17.6 Å². The van der Waals surface area contributed by atoms with Gasteiger partial charge in [-0.1, -0.05) is 6.92 Å². The van der Waals surface area contributed by atoms with Crippen LogP contribution in [0.4, 0.5) is 23.4 Å². The smallest absolute Gasteiger partial charge is 0.383 e. The van der Waals surface area contributed by atoms with Gasteiger partial charge >= 0.3 is 6.18 Å². The van der Waals surface area contributed by atoms with Gasteiger partial charge in [0.15, 0.2) is 5.82 Å². The summed E-state index contributed by atoms with van der Waals surface area (Å²) in [5, 5.41) is 0. The number of anilines is 1. The van der Waals surface area contributed by atoms with Crippen molar-refractivity contribution in [2.24, 2.45) is 0 Å². The molecule has 0 unspecified atom stereocenters. The molecule has 8 heteroatoms. The van der Waals surface area contributed by atoms with Crippen LogP contribution in [0.3, 0.4) is 0 Å². The zero-order valence-electron chi connectivity index (χ0n) is 10.8. The van der Waals surface area contributed by atoms with E-state index in [1.165, 1.54) is 0 Å². The number of rotatable bonds is 2. The third-order valence-corrected chi connectivity index (χ3v) is 3.98. The minimum absolute atomic E-state index is 0.0786. The highest BCUT2D eigenvalue weighted by molar-refractivity contribution is 14.1. The van der Waals surface area contributed by atoms with Crippen molar-refractivity contribution in [2.75, 3.05) is 5.73 Å². The predicted octanol–water partition coefficient (Wildman–Crippen LogP) is 4.05. The van der Waals surface area contributed by atoms with Gasteiger partial charge in [-0.3, -0.25) is 0 Å². The van der Waals surface area contributed by atoms with E-state index in [-0.39, 0.29) is 11.6 Å². The first-order valence-corrected chi connectivity index (χ1v) is 7.01. The first-order valence-electron chi connectivity index (χ1n) is 5.93. The van der Waals surface area contributed by atoms with Crippen LogP contribution < -0.4 is 5.73 Å². The van der Waals surface area contributed by atoms with Crippen LogP contribution in [0.15, 0.2) is 18.2 Å². The molecule has 0 fully saturated rings. The van der Waals surface area contributed by atoms with Crippen molar-refractivity contribution in [2.45, 2.75) is 19.5 Å².